The molecule has 1 rings (SSSR count). The minimum absolute atomic E-state index is 0.0143. The molecule has 0 bridgehead atoms. The Balaban J connectivity index is 2.95. The van der Waals surface area contributed by atoms with Crippen LogP contribution in [0.5, 0.6) is 0 Å². The fourth-order valence-corrected chi connectivity index (χ4v) is 2.39. The molecule has 0 radical (unpaired) electrons. The monoisotopic (exact) mass is 328 g/mol. The lowest BCUT2D eigenvalue weighted by atomic mass is 10.1. The van der Waals surface area contributed by atoms with Crippen molar-refractivity contribution in [3.05, 3.63) is 28.2 Å². The number of aliphatic hydroxyl groups is 1. The molecule has 1 aromatic rings. The maximum Gasteiger partial charge on any atom is 0.224 e. The summed E-state index contributed by atoms with van der Waals surface area (Å²) >= 11 is 3.43. The lowest BCUT2D eigenvalue weighted by molar-refractivity contribution is -0.123. The molecule has 0 fully saturated rings. The van der Waals surface area contributed by atoms with Crippen LogP contribution >= 0.6 is 15.9 Å². The second-order valence-electron chi connectivity index (χ2n) is 4.77. The molecule has 0 aromatic heterocycles. The highest BCUT2D eigenvalue weighted by Crippen LogP contribution is 2.29. The zero-order valence-electron chi connectivity index (χ0n) is 11.8. The van der Waals surface area contributed by atoms with E-state index in [1.54, 1.807) is 14.0 Å². The summed E-state index contributed by atoms with van der Waals surface area (Å²) in [7, 11) is 3.56. The smallest absolute Gasteiger partial charge is 0.224 e. The van der Waals surface area contributed by atoms with Gasteiger partial charge in [-0.1, -0.05) is 28.9 Å². The molecule has 5 heteroatoms. The first-order valence-corrected chi connectivity index (χ1v) is 7.06. The first-order chi connectivity index (χ1) is 8.86. The van der Waals surface area contributed by atoms with E-state index in [-0.39, 0.29) is 11.8 Å². The van der Waals surface area contributed by atoms with E-state index in [4.69, 9.17) is 0 Å². The van der Waals surface area contributed by atoms with Crippen LogP contribution < -0.4 is 10.2 Å². The number of carbonyl (C=O) groups excluding carboxylic acids is 1. The van der Waals surface area contributed by atoms with Gasteiger partial charge in [-0.3, -0.25) is 4.79 Å². The van der Waals surface area contributed by atoms with Gasteiger partial charge in [0.1, 0.15) is 0 Å². The normalized spacial score (nSPS) is 13.8. The van der Waals surface area contributed by atoms with Crippen LogP contribution in [0.4, 0.5) is 5.69 Å². The van der Waals surface area contributed by atoms with E-state index in [0.29, 0.717) is 6.54 Å². The van der Waals surface area contributed by atoms with E-state index in [1.807, 2.05) is 37.1 Å². The van der Waals surface area contributed by atoms with Crippen LogP contribution in [0, 0.1) is 5.92 Å². The van der Waals surface area contributed by atoms with Gasteiger partial charge in [0.2, 0.25) is 5.91 Å². The van der Waals surface area contributed by atoms with E-state index in [2.05, 4.69) is 21.2 Å². The minimum atomic E-state index is -0.541. The van der Waals surface area contributed by atoms with E-state index in [1.165, 1.54) is 0 Å². The van der Waals surface area contributed by atoms with Crippen LogP contribution in [0.2, 0.25) is 0 Å². The van der Waals surface area contributed by atoms with Crippen molar-refractivity contribution in [2.24, 2.45) is 5.92 Å². The van der Waals surface area contributed by atoms with Gasteiger partial charge in [0.05, 0.1) is 12.0 Å². The summed E-state index contributed by atoms with van der Waals surface area (Å²) in [6, 6.07) is 5.76. The molecule has 0 saturated carbocycles. The SMILES string of the molecule is CNC(=O)C(C)CN(C)c1cc(Br)ccc1C(C)O. The molecule has 2 unspecified atom stereocenters. The molecule has 0 spiro atoms. The van der Waals surface area contributed by atoms with E-state index < -0.39 is 6.10 Å². The molecule has 1 amide bonds. The van der Waals surface area contributed by atoms with Gasteiger partial charge in [0.25, 0.3) is 0 Å². The number of rotatable bonds is 5. The minimum Gasteiger partial charge on any atom is -0.389 e. The number of hydrogen-bond acceptors (Lipinski definition) is 3. The molecule has 19 heavy (non-hydrogen) atoms. The fourth-order valence-electron chi connectivity index (χ4n) is 2.04. The molecule has 106 valence electrons. The third kappa shape index (κ3) is 4.21. The van der Waals surface area contributed by atoms with E-state index in [9.17, 15) is 9.90 Å². The molecule has 4 nitrogen and oxygen atoms in total. The van der Waals surface area contributed by atoms with Gasteiger partial charge in [-0.15, -0.1) is 0 Å². The van der Waals surface area contributed by atoms with Crippen LogP contribution in [0.15, 0.2) is 22.7 Å². The number of hydrogen-bond donors (Lipinski definition) is 2. The van der Waals surface area contributed by atoms with Crippen molar-refractivity contribution in [3.63, 3.8) is 0 Å². The van der Waals surface area contributed by atoms with Crippen molar-refractivity contribution in [3.8, 4) is 0 Å². The first-order valence-electron chi connectivity index (χ1n) is 6.27. The number of aliphatic hydroxyl groups excluding tert-OH is 1. The van der Waals surface area contributed by atoms with Crippen LogP contribution in [-0.4, -0.2) is 31.7 Å². The van der Waals surface area contributed by atoms with Gasteiger partial charge in [-0.05, 0) is 19.1 Å². The summed E-state index contributed by atoms with van der Waals surface area (Å²) in [6.07, 6.45) is -0.541. The molecule has 2 N–H and O–H groups in total. The van der Waals surface area contributed by atoms with Crippen molar-refractivity contribution < 1.29 is 9.90 Å². The largest absolute Gasteiger partial charge is 0.389 e. The Morgan fingerprint density at radius 1 is 1.47 bits per heavy atom. The Morgan fingerprint density at radius 2 is 2.11 bits per heavy atom. The molecule has 0 aliphatic heterocycles. The highest BCUT2D eigenvalue weighted by atomic mass is 79.9. The van der Waals surface area contributed by atoms with Crippen molar-refractivity contribution in [2.75, 3.05) is 25.5 Å². The van der Waals surface area contributed by atoms with Crippen molar-refractivity contribution in [2.45, 2.75) is 20.0 Å². The van der Waals surface area contributed by atoms with Gasteiger partial charge in [-0.25, -0.2) is 0 Å². The molecule has 0 saturated heterocycles. The predicted octanol–water partition coefficient (Wildman–Crippen LogP) is 2.32. The number of anilines is 1. The Morgan fingerprint density at radius 3 is 2.63 bits per heavy atom. The highest BCUT2D eigenvalue weighted by molar-refractivity contribution is 9.10. The Hall–Kier alpha value is -1.07. The van der Waals surface area contributed by atoms with Crippen LogP contribution in [0.1, 0.15) is 25.5 Å². The number of halogens is 1. The number of nitrogens with one attached hydrogen (secondary N) is 1. The maximum atomic E-state index is 11.6. The summed E-state index contributed by atoms with van der Waals surface area (Å²) in [4.78, 5) is 13.6. The van der Waals surface area contributed by atoms with Gasteiger partial charge in [0, 0.05) is 36.4 Å². The van der Waals surface area contributed by atoms with Gasteiger partial charge in [-0.2, -0.15) is 0 Å². The predicted molar refractivity (Wildman–Crippen MR) is 81.3 cm³/mol. The topological polar surface area (TPSA) is 52.6 Å². The van der Waals surface area contributed by atoms with Crippen LogP contribution in [-0.2, 0) is 4.79 Å². The second-order valence-corrected chi connectivity index (χ2v) is 5.69. The van der Waals surface area contributed by atoms with Crippen LogP contribution in [0.25, 0.3) is 0 Å². The molecule has 2 atom stereocenters. The summed E-state index contributed by atoms with van der Waals surface area (Å²) < 4.78 is 0.950. The molecule has 1 aromatic carbocycles. The van der Waals surface area contributed by atoms with E-state index >= 15 is 0 Å². The lowest BCUT2D eigenvalue weighted by Gasteiger charge is -2.26. The maximum absolute atomic E-state index is 11.6. The van der Waals surface area contributed by atoms with Crippen molar-refractivity contribution >= 4 is 27.5 Å². The summed E-state index contributed by atoms with van der Waals surface area (Å²) in [6.45, 7) is 4.22. The summed E-state index contributed by atoms with van der Waals surface area (Å²) in [5, 5.41) is 12.5. The van der Waals surface area contributed by atoms with Gasteiger partial charge >= 0.3 is 0 Å². The molecule has 0 aliphatic carbocycles. The Bertz CT molecular complexity index is 449. The number of amides is 1. The molecular weight excluding hydrogens is 308 g/mol. The highest BCUT2D eigenvalue weighted by Gasteiger charge is 2.17. The average molecular weight is 329 g/mol. The Labute approximate surface area is 122 Å². The van der Waals surface area contributed by atoms with Crippen molar-refractivity contribution in [1.82, 2.24) is 5.32 Å². The zero-order valence-corrected chi connectivity index (χ0v) is 13.4. The molecule has 0 aliphatic rings. The number of benzene rings is 1. The Kier molecular flexibility index (Phi) is 5.82. The second kappa shape index (κ2) is 6.91. The first kappa shape index (κ1) is 16.0. The average Bonchev–Trinajstić information content (AvgIpc) is 2.36. The fraction of sp³-hybridized carbons (Fsp3) is 0.500. The lowest BCUT2D eigenvalue weighted by Crippen LogP contribution is -2.34. The van der Waals surface area contributed by atoms with Crippen molar-refractivity contribution in [1.29, 1.82) is 0 Å². The summed E-state index contributed by atoms with van der Waals surface area (Å²) in [5.41, 5.74) is 1.79. The summed E-state index contributed by atoms with van der Waals surface area (Å²) in [5.74, 6) is -0.101. The quantitative estimate of drug-likeness (QED) is 0.872. The standard InChI is InChI=1S/C14H21BrN2O2/c1-9(14(19)16-3)8-17(4)13-7-11(15)5-6-12(13)10(2)18/h5-7,9-10,18H,8H2,1-4H3,(H,16,19). The zero-order chi connectivity index (χ0) is 14.6. The molecule has 0 heterocycles. The third-order valence-electron chi connectivity index (χ3n) is 3.10. The van der Waals surface area contributed by atoms with Gasteiger partial charge in [0.15, 0.2) is 0 Å². The van der Waals surface area contributed by atoms with E-state index in [0.717, 1.165) is 15.7 Å². The molecular formula is C14H21BrN2O2. The number of carbonyl (C=O) groups is 1. The van der Waals surface area contributed by atoms with Gasteiger partial charge < -0.3 is 15.3 Å². The van der Waals surface area contributed by atoms with Crippen LogP contribution in [0.3, 0.4) is 0 Å². The third-order valence-corrected chi connectivity index (χ3v) is 3.59. The number of nitrogens with zero attached hydrogens (tertiary/aromatic N) is 1.